The Labute approximate surface area is 237 Å². The number of nitrogens with zero attached hydrogens (tertiary/aromatic N) is 3. The average Bonchev–Trinajstić information content (AvgIpc) is 3.57. The molecule has 0 aliphatic carbocycles. The van der Waals surface area contributed by atoms with Crippen molar-refractivity contribution in [3.63, 3.8) is 0 Å². The van der Waals surface area contributed by atoms with Gasteiger partial charge in [0.15, 0.2) is 11.5 Å². The number of para-hydroxylation sites is 1. The summed E-state index contributed by atoms with van der Waals surface area (Å²) in [6, 6.07) is 6.87. The van der Waals surface area contributed by atoms with Gasteiger partial charge in [-0.1, -0.05) is 24.2 Å². The SMILES string of the molecule is Cc1noc(C)c1NC(=O)Nc1cccc2c1O[C@@H](CN(C)S(=O)(=O)c1cccs1)[C@@H](C)CN([C@H](C)CO)C2=O. The second-order valence-electron chi connectivity index (χ2n) is 9.80. The zero-order valence-corrected chi connectivity index (χ0v) is 24.5. The summed E-state index contributed by atoms with van der Waals surface area (Å²) in [7, 11) is -2.29. The van der Waals surface area contributed by atoms with Crippen molar-refractivity contribution < 1.29 is 32.4 Å². The number of aliphatic hydroxyl groups excluding tert-OH is 1. The highest BCUT2D eigenvalue weighted by atomic mass is 32.2. The molecule has 40 heavy (non-hydrogen) atoms. The molecule has 0 radical (unpaired) electrons. The molecule has 0 bridgehead atoms. The maximum absolute atomic E-state index is 13.6. The van der Waals surface area contributed by atoms with Crippen LogP contribution < -0.4 is 15.4 Å². The van der Waals surface area contributed by atoms with Crippen LogP contribution in [-0.2, 0) is 10.0 Å². The lowest BCUT2D eigenvalue weighted by Crippen LogP contribution is -2.50. The Balaban J connectivity index is 1.70. The van der Waals surface area contributed by atoms with E-state index in [0.29, 0.717) is 17.1 Å². The number of carbonyl (C=O) groups excluding carboxylic acids is 2. The van der Waals surface area contributed by atoms with Crippen molar-refractivity contribution in [1.29, 1.82) is 0 Å². The number of likely N-dealkylation sites (N-methyl/N-ethyl adjacent to an activating group) is 1. The molecule has 0 fully saturated rings. The van der Waals surface area contributed by atoms with E-state index in [1.807, 2.05) is 6.92 Å². The van der Waals surface area contributed by atoms with Crippen molar-refractivity contribution in [2.75, 3.05) is 37.4 Å². The van der Waals surface area contributed by atoms with Crippen LogP contribution in [0.15, 0.2) is 44.4 Å². The van der Waals surface area contributed by atoms with Crippen LogP contribution >= 0.6 is 11.3 Å². The normalized spacial score (nSPS) is 18.5. The predicted molar refractivity (Wildman–Crippen MR) is 150 cm³/mol. The lowest BCUT2D eigenvalue weighted by molar-refractivity contribution is 0.0389. The van der Waals surface area contributed by atoms with Gasteiger partial charge in [-0.2, -0.15) is 4.31 Å². The zero-order chi connectivity index (χ0) is 29.2. The third-order valence-electron chi connectivity index (χ3n) is 6.81. The summed E-state index contributed by atoms with van der Waals surface area (Å²) < 4.78 is 39.3. The molecule has 216 valence electrons. The van der Waals surface area contributed by atoms with E-state index in [2.05, 4.69) is 15.8 Å². The number of nitrogens with one attached hydrogen (secondary N) is 2. The Kier molecular flexibility index (Phi) is 8.83. The summed E-state index contributed by atoms with van der Waals surface area (Å²) in [4.78, 5) is 28.1. The van der Waals surface area contributed by atoms with Crippen molar-refractivity contribution in [1.82, 2.24) is 14.4 Å². The summed E-state index contributed by atoms with van der Waals surface area (Å²) in [5, 5.41) is 20.8. The number of aryl methyl sites for hydroxylation is 2. The number of hydrogen-bond acceptors (Lipinski definition) is 9. The van der Waals surface area contributed by atoms with Crippen LogP contribution in [0, 0.1) is 19.8 Å². The van der Waals surface area contributed by atoms with Crippen LogP contribution in [0.25, 0.3) is 0 Å². The highest BCUT2D eigenvalue weighted by Crippen LogP contribution is 2.35. The number of thiophene rings is 1. The van der Waals surface area contributed by atoms with Gasteiger partial charge in [-0.05, 0) is 44.4 Å². The lowest BCUT2D eigenvalue weighted by atomic mass is 9.99. The fourth-order valence-corrected chi connectivity index (χ4v) is 6.79. The summed E-state index contributed by atoms with van der Waals surface area (Å²) in [5.41, 5.74) is 1.31. The molecule has 3 heterocycles. The minimum atomic E-state index is -3.77. The van der Waals surface area contributed by atoms with E-state index in [9.17, 15) is 23.1 Å². The summed E-state index contributed by atoms with van der Waals surface area (Å²) >= 11 is 1.12. The van der Waals surface area contributed by atoms with E-state index in [-0.39, 0.29) is 52.7 Å². The van der Waals surface area contributed by atoms with Gasteiger partial charge in [0.1, 0.15) is 21.7 Å². The van der Waals surface area contributed by atoms with Crippen LogP contribution in [0.1, 0.15) is 35.7 Å². The van der Waals surface area contributed by atoms with Crippen LogP contribution in [0.2, 0.25) is 0 Å². The first-order valence-electron chi connectivity index (χ1n) is 12.7. The van der Waals surface area contributed by atoms with Crippen LogP contribution in [0.3, 0.4) is 0 Å². The van der Waals surface area contributed by atoms with Crippen molar-refractivity contribution in [3.05, 3.63) is 52.7 Å². The van der Waals surface area contributed by atoms with Gasteiger partial charge in [-0.25, -0.2) is 13.2 Å². The number of carbonyl (C=O) groups is 2. The van der Waals surface area contributed by atoms with E-state index >= 15 is 0 Å². The zero-order valence-electron chi connectivity index (χ0n) is 22.9. The summed E-state index contributed by atoms with van der Waals surface area (Å²) in [6.45, 7) is 6.89. The molecule has 0 unspecified atom stereocenters. The molecular formula is C26H33N5O7S2. The number of hydrogen-bond donors (Lipinski definition) is 3. The maximum atomic E-state index is 13.6. The average molecular weight is 592 g/mol. The number of ether oxygens (including phenoxy) is 1. The minimum Gasteiger partial charge on any atom is -0.486 e. The molecule has 2 aromatic heterocycles. The first-order chi connectivity index (χ1) is 18.9. The van der Waals surface area contributed by atoms with E-state index in [0.717, 1.165) is 11.3 Å². The van der Waals surface area contributed by atoms with Gasteiger partial charge in [-0.15, -0.1) is 11.3 Å². The number of sulfonamides is 1. The topological polar surface area (TPSA) is 154 Å². The van der Waals surface area contributed by atoms with E-state index < -0.39 is 28.2 Å². The Morgan fingerprint density at radius 3 is 2.65 bits per heavy atom. The third-order valence-corrected chi connectivity index (χ3v) is 10.0. The molecule has 0 saturated heterocycles. The molecule has 4 rings (SSSR count). The van der Waals surface area contributed by atoms with Gasteiger partial charge in [-0.3, -0.25) is 4.79 Å². The van der Waals surface area contributed by atoms with E-state index in [1.165, 1.54) is 17.4 Å². The van der Waals surface area contributed by atoms with E-state index in [1.54, 1.807) is 55.3 Å². The quantitative estimate of drug-likeness (QED) is 0.359. The largest absolute Gasteiger partial charge is 0.486 e. The first kappa shape index (κ1) is 29.5. The fourth-order valence-electron chi connectivity index (χ4n) is 4.40. The number of aromatic nitrogens is 1. The molecule has 1 aromatic carbocycles. The number of benzene rings is 1. The highest BCUT2D eigenvalue weighted by molar-refractivity contribution is 7.91. The number of aliphatic hydroxyl groups is 1. The molecule has 14 heteroatoms. The maximum Gasteiger partial charge on any atom is 0.323 e. The number of fused-ring (bicyclic) bond motifs is 1. The van der Waals surface area contributed by atoms with E-state index in [4.69, 9.17) is 9.26 Å². The van der Waals surface area contributed by atoms with Crippen molar-refractivity contribution in [3.8, 4) is 5.75 Å². The standard InChI is InChI=1S/C26H33N5O7S2/c1-15-12-31(16(2)14-32)25(33)19-8-6-9-20(27-26(34)28-23-17(3)29-38-18(23)4)24(19)37-21(15)13-30(5)40(35,36)22-10-7-11-39-22/h6-11,15-16,21,32H,12-14H2,1-5H3,(H2,27,28,34)/t15-,16+,21-/m0/s1. The Hall–Kier alpha value is -3.46. The Bertz CT molecular complexity index is 1450. The molecule has 1 aliphatic rings. The Morgan fingerprint density at radius 1 is 1.27 bits per heavy atom. The molecule has 12 nitrogen and oxygen atoms in total. The lowest BCUT2D eigenvalue weighted by Gasteiger charge is -2.38. The molecule has 0 saturated carbocycles. The molecule has 3 aromatic rings. The molecule has 3 amide bonds. The van der Waals surface area contributed by atoms with Gasteiger partial charge >= 0.3 is 6.03 Å². The van der Waals surface area contributed by atoms with Gasteiger partial charge in [0.05, 0.1) is 30.4 Å². The molecular weight excluding hydrogens is 558 g/mol. The monoisotopic (exact) mass is 591 g/mol. The predicted octanol–water partition coefficient (Wildman–Crippen LogP) is 3.54. The van der Waals surface area contributed by atoms with Gasteiger partial charge in [0, 0.05) is 19.5 Å². The summed E-state index contributed by atoms with van der Waals surface area (Å²) in [6.07, 6.45) is -0.700. The molecule has 0 spiro atoms. The Morgan fingerprint density at radius 2 is 2.02 bits per heavy atom. The second kappa shape index (κ2) is 12.0. The van der Waals surface area contributed by atoms with Gasteiger partial charge in [0.25, 0.3) is 15.9 Å². The number of amides is 3. The number of urea groups is 1. The molecule has 1 aliphatic heterocycles. The van der Waals surface area contributed by atoms with Crippen molar-refractivity contribution in [2.45, 2.75) is 44.0 Å². The molecule has 3 N–H and O–H groups in total. The van der Waals surface area contributed by atoms with Crippen LogP contribution in [-0.4, -0.2) is 78.7 Å². The number of anilines is 2. The van der Waals surface area contributed by atoms with Crippen molar-refractivity contribution >= 4 is 44.7 Å². The van der Waals surface area contributed by atoms with Crippen molar-refractivity contribution in [2.24, 2.45) is 5.92 Å². The minimum absolute atomic E-state index is 0.0179. The van der Waals surface area contributed by atoms with Crippen LogP contribution in [0.4, 0.5) is 16.2 Å². The number of rotatable bonds is 8. The first-order valence-corrected chi connectivity index (χ1v) is 15.0. The fraction of sp³-hybridized carbons (Fsp3) is 0.423. The van der Waals surface area contributed by atoms with Gasteiger partial charge < -0.3 is 29.9 Å². The second-order valence-corrected chi connectivity index (χ2v) is 13.0. The molecule has 3 atom stereocenters. The van der Waals surface area contributed by atoms with Crippen LogP contribution in [0.5, 0.6) is 5.75 Å². The summed E-state index contributed by atoms with van der Waals surface area (Å²) in [5.74, 6) is -0.178. The van der Waals surface area contributed by atoms with Gasteiger partial charge in [0.2, 0.25) is 0 Å². The smallest absolute Gasteiger partial charge is 0.323 e. The highest BCUT2D eigenvalue weighted by Gasteiger charge is 2.36. The third kappa shape index (κ3) is 5.99.